The zero-order valence-electron chi connectivity index (χ0n) is 12.2. The number of hydrogen-bond donors (Lipinski definition) is 2. The quantitative estimate of drug-likeness (QED) is 0.715. The molecule has 3 unspecified atom stereocenters. The molecule has 0 aromatic heterocycles. The molecule has 0 spiro atoms. The third kappa shape index (κ3) is 2.73. The molecule has 2 amide bonds. The Morgan fingerprint density at radius 1 is 1.20 bits per heavy atom. The standard InChI is InChI=1S/C13H23N3O4/c1-8-5-15(7-11(8)14(2)3)13(20)16-6-9(17)4-10(16)12(18)19/h8-11,17H,4-7H2,1-3H3,(H,18,19)/t8?,9?,10-,11?/m0/s1. The Kier molecular flexibility index (Phi) is 4.19. The summed E-state index contributed by atoms with van der Waals surface area (Å²) in [6.45, 7) is 3.42. The minimum Gasteiger partial charge on any atom is -0.480 e. The van der Waals surface area contributed by atoms with Crippen molar-refractivity contribution in [1.82, 2.24) is 14.7 Å². The van der Waals surface area contributed by atoms with Gasteiger partial charge < -0.3 is 24.9 Å². The minimum atomic E-state index is -1.05. The average molecular weight is 285 g/mol. The molecule has 2 fully saturated rings. The fraction of sp³-hybridized carbons (Fsp3) is 0.846. The number of likely N-dealkylation sites (N-methyl/N-ethyl adjacent to an activating group) is 1. The van der Waals surface area contributed by atoms with Crippen LogP contribution >= 0.6 is 0 Å². The van der Waals surface area contributed by atoms with Crippen LogP contribution in [0.5, 0.6) is 0 Å². The second-order valence-corrected chi connectivity index (χ2v) is 6.09. The Balaban J connectivity index is 2.06. The van der Waals surface area contributed by atoms with Gasteiger partial charge in [-0.15, -0.1) is 0 Å². The van der Waals surface area contributed by atoms with Crippen LogP contribution in [0.4, 0.5) is 4.79 Å². The number of likely N-dealkylation sites (tertiary alicyclic amines) is 2. The number of aliphatic hydroxyl groups is 1. The maximum Gasteiger partial charge on any atom is 0.326 e. The molecule has 0 aromatic rings. The molecule has 4 atom stereocenters. The summed E-state index contributed by atoms with van der Waals surface area (Å²) in [6, 6.07) is -0.897. The van der Waals surface area contributed by atoms with Gasteiger partial charge in [0, 0.05) is 32.1 Å². The molecule has 114 valence electrons. The molecular formula is C13H23N3O4. The fourth-order valence-corrected chi connectivity index (χ4v) is 3.22. The first-order chi connectivity index (χ1) is 9.31. The van der Waals surface area contributed by atoms with Gasteiger partial charge >= 0.3 is 12.0 Å². The molecule has 20 heavy (non-hydrogen) atoms. The van der Waals surface area contributed by atoms with E-state index < -0.39 is 18.1 Å². The van der Waals surface area contributed by atoms with Crippen molar-refractivity contribution in [3.8, 4) is 0 Å². The van der Waals surface area contributed by atoms with E-state index in [0.717, 1.165) is 0 Å². The number of hydrogen-bond acceptors (Lipinski definition) is 4. The van der Waals surface area contributed by atoms with Gasteiger partial charge in [0.15, 0.2) is 0 Å². The number of carboxylic acid groups (broad SMARTS) is 1. The smallest absolute Gasteiger partial charge is 0.326 e. The van der Waals surface area contributed by atoms with E-state index in [9.17, 15) is 14.7 Å². The van der Waals surface area contributed by atoms with Crippen LogP contribution in [0.1, 0.15) is 13.3 Å². The number of carboxylic acids is 1. The maximum atomic E-state index is 12.5. The van der Waals surface area contributed by atoms with Gasteiger partial charge in [0.25, 0.3) is 0 Å². The minimum absolute atomic E-state index is 0.104. The van der Waals surface area contributed by atoms with E-state index in [-0.39, 0.29) is 25.0 Å². The first kappa shape index (κ1) is 15.1. The summed E-state index contributed by atoms with van der Waals surface area (Å²) in [4.78, 5) is 28.7. The van der Waals surface area contributed by atoms with Gasteiger partial charge in [-0.1, -0.05) is 6.92 Å². The summed E-state index contributed by atoms with van der Waals surface area (Å²) >= 11 is 0. The van der Waals surface area contributed by atoms with Crippen LogP contribution in [-0.2, 0) is 4.79 Å². The average Bonchev–Trinajstić information content (AvgIpc) is 2.91. The summed E-state index contributed by atoms with van der Waals surface area (Å²) in [5, 5.41) is 18.8. The monoisotopic (exact) mass is 285 g/mol. The summed E-state index contributed by atoms with van der Waals surface area (Å²) in [7, 11) is 3.96. The van der Waals surface area contributed by atoms with Crippen LogP contribution in [-0.4, -0.2) is 88.8 Å². The molecule has 2 heterocycles. The molecule has 2 saturated heterocycles. The number of amides is 2. The molecule has 2 aliphatic rings. The first-order valence-electron chi connectivity index (χ1n) is 6.94. The predicted octanol–water partition coefficient (Wildman–Crippen LogP) is -0.492. The van der Waals surface area contributed by atoms with Crippen LogP contribution in [0.3, 0.4) is 0 Å². The van der Waals surface area contributed by atoms with E-state index in [1.807, 2.05) is 14.1 Å². The highest BCUT2D eigenvalue weighted by molar-refractivity contribution is 5.83. The highest BCUT2D eigenvalue weighted by Gasteiger charge is 2.43. The van der Waals surface area contributed by atoms with Crippen molar-refractivity contribution in [1.29, 1.82) is 0 Å². The molecule has 0 aromatic carbocycles. The van der Waals surface area contributed by atoms with Gasteiger partial charge in [-0.05, 0) is 20.0 Å². The van der Waals surface area contributed by atoms with E-state index in [1.165, 1.54) is 4.90 Å². The molecule has 0 radical (unpaired) electrons. The van der Waals surface area contributed by atoms with Gasteiger partial charge in [-0.25, -0.2) is 9.59 Å². The number of urea groups is 1. The van der Waals surface area contributed by atoms with Crippen molar-refractivity contribution in [2.45, 2.75) is 31.5 Å². The van der Waals surface area contributed by atoms with Crippen molar-refractivity contribution in [3.63, 3.8) is 0 Å². The Labute approximate surface area is 118 Å². The largest absolute Gasteiger partial charge is 0.480 e. The highest BCUT2D eigenvalue weighted by atomic mass is 16.4. The number of aliphatic carboxylic acids is 1. The van der Waals surface area contributed by atoms with Gasteiger partial charge in [-0.2, -0.15) is 0 Å². The predicted molar refractivity (Wildman–Crippen MR) is 72.4 cm³/mol. The van der Waals surface area contributed by atoms with Gasteiger partial charge in [-0.3, -0.25) is 0 Å². The summed E-state index contributed by atoms with van der Waals surface area (Å²) < 4.78 is 0. The van der Waals surface area contributed by atoms with Crippen LogP contribution in [0, 0.1) is 5.92 Å². The van der Waals surface area contributed by atoms with Crippen molar-refractivity contribution < 1.29 is 19.8 Å². The molecular weight excluding hydrogens is 262 g/mol. The number of carbonyl (C=O) groups is 2. The molecule has 2 aliphatic heterocycles. The van der Waals surface area contributed by atoms with Crippen molar-refractivity contribution in [3.05, 3.63) is 0 Å². The number of rotatable bonds is 2. The van der Waals surface area contributed by atoms with E-state index >= 15 is 0 Å². The number of carbonyl (C=O) groups excluding carboxylic acids is 1. The Morgan fingerprint density at radius 3 is 2.35 bits per heavy atom. The van der Waals surface area contributed by atoms with E-state index in [0.29, 0.717) is 19.0 Å². The normalized spacial score (nSPS) is 34.0. The topological polar surface area (TPSA) is 84.3 Å². The zero-order chi connectivity index (χ0) is 15.0. The summed E-state index contributed by atoms with van der Waals surface area (Å²) in [6.07, 6.45) is -0.633. The lowest BCUT2D eigenvalue weighted by molar-refractivity contribution is -0.141. The summed E-state index contributed by atoms with van der Waals surface area (Å²) in [5.74, 6) is -0.698. The van der Waals surface area contributed by atoms with Crippen molar-refractivity contribution >= 4 is 12.0 Å². The Bertz CT molecular complexity index is 401. The van der Waals surface area contributed by atoms with Gasteiger partial charge in [0.05, 0.1) is 6.10 Å². The van der Waals surface area contributed by atoms with E-state index in [2.05, 4.69) is 11.8 Å². The van der Waals surface area contributed by atoms with E-state index in [4.69, 9.17) is 5.11 Å². The third-order valence-electron chi connectivity index (χ3n) is 4.32. The highest BCUT2D eigenvalue weighted by Crippen LogP contribution is 2.25. The van der Waals surface area contributed by atoms with Crippen LogP contribution in [0.25, 0.3) is 0 Å². The van der Waals surface area contributed by atoms with Gasteiger partial charge in [0.2, 0.25) is 0 Å². The Morgan fingerprint density at radius 2 is 1.85 bits per heavy atom. The lowest BCUT2D eigenvalue weighted by Crippen LogP contribution is -2.48. The second-order valence-electron chi connectivity index (χ2n) is 6.09. The third-order valence-corrected chi connectivity index (χ3v) is 4.32. The first-order valence-corrected chi connectivity index (χ1v) is 6.94. The second kappa shape index (κ2) is 5.57. The number of nitrogens with zero attached hydrogens (tertiary/aromatic N) is 3. The summed E-state index contributed by atoms with van der Waals surface area (Å²) in [5.41, 5.74) is 0. The molecule has 2 rings (SSSR count). The van der Waals surface area contributed by atoms with Gasteiger partial charge in [0.1, 0.15) is 6.04 Å². The fourth-order valence-electron chi connectivity index (χ4n) is 3.22. The lowest BCUT2D eigenvalue weighted by atomic mass is 10.1. The molecule has 7 heteroatoms. The lowest BCUT2D eigenvalue weighted by Gasteiger charge is -2.28. The van der Waals surface area contributed by atoms with Crippen LogP contribution in [0.15, 0.2) is 0 Å². The molecule has 0 bridgehead atoms. The number of β-amino-alcohol motifs (C(OH)–C–C–N with tert-alkyl or cyclic N) is 1. The van der Waals surface area contributed by atoms with Crippen molar-refractivity contribution in [2.24, 2.45) is 5.92 Å². The molecule has 2 N–H and O–H groups in total. The zero-order valence-corrected chi connectivity index (χ0v) is 12.2. The molecule has 0 saturated carbocycles. The molecule has 7 nitrogen and oxygen atoms in total. The Hall–Kier alpha value is -1.34. The van der Waals surface area contributed by atoms with Crippen molar-refractivity contribution in [2.75, 3.05) is 33.7 Å². The molecule has 0 aliphatic carbocycles. The van der Waals surface area contributed by atoms with E-state index in [1.54, 1.807) is 4.90 Å². The van der Waals surface area contributed by atoms with Crippen LogP contribution < -0.4 is 0 Å². The van der Waals surface area contributed by atoms with Crippen LogP contribution in [0.2, 0.25) is 0 Å². The SMILES string of the molecule is CC1CN(C(=O)N2CC(O)C[C@H]2C(=O)O)CC1N(C)C. The maximum absolute atomic E-state index is 12.5. The number of aliphatic hydroxyl groups excluding tert-OH is 1.